The van der Waals surface area contributed by atoms with Gasteiger partial charge in [0, 0.05) is 6.07 Å². The highest BCUT2D eigenvalue weighted by Crippen LogP contribution is 2.26. The van der Waals surface area contributed by atoms with E-state index in [0.717, 1.165) is 29.1 Å². The van der Waals surface area contributed by atoms with Crippen molar-refractivity contribution >= 4 is 5.91 Å². The Labute approximate surface area is 117 Å². The third-order valence-electron chi connectivity index (χ3n) is 2.72. The van der Waals surface area contributed by atoms with Crippen molar-refractivity contribution in [1.29, 1.82) is 0 Å². The van der Waals surface area contributed by atoms with Gasteiger partial charge in [0.1, 0.15) is 6.04 Å². The highest BCUT2D eigenvalue weighted by molar-refractivity contribution is 5.77. The SMILES string of the molecule is CC(C(N)=O)n1ncc(Oc2c(F)cccc2F)cc1=O. The third kappa shape index (κ3) is 3.04. The Morgan fingerprint density at radius 3 is 2.52 bits per heavy atom. The van der Waals surface area contributed by atoms with Crippen LogP contribution in [0.25, 0.3) is 0 Å². The first-order chi connectivity index (χ1) is 9.90. The molecule has 1 heterocycles. The first-order valence-electron chi connectivity index (χ1n) is 5.90. The summed E-state index contributed by atoms with van der Waals surface area (Å²) in [5, 5.41) is 3.69. The van der Waals surface area contributed by atoms with E-state index in [-0.39, 0.29) is 5.75 Å². The minimum atomic E-state index is -0.947. The van der Waals surface area contributed by atoms with Crippen LogP contribution < -0.4 is 16.0 Å². The largest absolute Gasteiger partial charge is 0.449 e. The number of rotatable bonds is 4. The molecule has 1 amide bonds. The Kier molecular flexibility index (Phi) is 3.97. The van der Waals surface area contributed by atoms with Crippen molar-refractivity contribution < 1.29 is 18.3 Å². The summed E-state index contributed by atoms with van der Waals surface area (Å²) < 4.78 is 32.7. The summed E-state index contributed by atoms with van der Waals surface area (Å²) in [4.78, 5) is 22.8. The first kappa shape index (κ1) is 14.6. The van der Waals surface area contributed by atoms with Crippen molar-refractivity contribution in [1.82, 2.24) is 9.78 Å². The van der Waals surface area contributed by atoms with E-state index in [2.05, 4.69) is 5.10 Å². The van der Waals surface area contributed by atoms with Gasteiger partial charge in [-0.3, -0.25) is 9.59 Å². The maximum absolute atomic E-state index is 13.4. The molecule has 0 fully saturated rings. The molecule has 2 aromatic rings. The fourth-order valence-corrected chi connectivity index (χ4v) is 1.57. The number of amides is 1. The predicted octanol–water partition coefficient (Wildman–Crippen LogP) is 1.36. The zero-order valence-electron chi connectivity index (χ0n) is 10.9. The molecule has 2 N–H and O–H groups in total. The second-order valence-electron chi connectivity index (χ2n) is 4.21. The van der Waals surface area contributed by atoms with Crippen LogP contribution in [0.15, 0.2) is 35.3 Å². The molecular weight excluding hydrogens is 284 g/mol. The molecule has 0 aliphatic carbocycles. The van der Waals surface area contributed by atoms with Crippen molar-refractivity contribution in [2.45, 2.75) is 13.0 Å². The number of carbonyl (C=O) groups is 1. The molecule has 1 atom stereocenters. The van der Waals surface area contributed by atoms with Gasteiger partial charge in [0.15, 0.2) is 23.1 Å². The van der Waals surface area contributed by atoms with Crippen LogP contribution >= 0.6 is 0 Å². The van der Waals surface area contributed by atoms with Crippen molar-refractivity contribution in [3.05, 3.63) is 52.5 Å². The standard InChI is InChI=1S/C13H11F2N3O3/c1-7(13(16)20)18-11(19)5-8(6-17-18)21-12-9(14)3-2-4-10(12)15/h2-7H,1H3,(H2,16,20). The molecule has 0 aliphatic heterocycles. The van der Waals surface area contributed by atoms with Crippen LogP contribution in [0.1, 0.15) is 13.0 Å². The number of primary amides is 1. The van der Waals surface area contributed by atoms with E-state index >= 15 is 0 Å². The van der Waals surface area contributed by atoms with Gasteiger partial charge >= 0.3 is 0 Å². The van der Waals surface area contributed by atoms with Crippen LogP contribution in [0.3, 0.4) is 0 Å². The normalized spacial score (nSPS) is 12.0. The van der Waals surface area contributed by atoms with Crippen LogP contribution in [0.4, 0.5) is 8.78 Å². The molecule has 0 aliphatic rings. The van der Waals surface area contributed by atoms with Gasteiger partial charge in [0.2, 0.25) is 5.91 Å². The molecule has 0 saturated heterocycles. The smallest absolute Gasteiger partial charge is 0.271 e. The quantitative estimate of drug-likeness (QED) is 0.922. The number of aromatic nitrogens is 2. The zero-order valence-corrected chi connectivity index (χ0v) is 10.9. The van der Waals surface area contributed by atoms with Gasteiger partial charge in [-0.25, -0.2) is 13.5 Å². The van der Waals surface area contributed by atoms with Gasteiger partial charge in [0.25, 0.3) is 5.56 Å². The molecule has 0 saturated carbocycles. The molecule has 1 aromatic carbocycles. The van der Waals surface area contributed by atoms with Crippen molar-refractivity contribution in [3.8, 4) is 11.5 Å². The van der Waals surface area contributed by atoms with E-state index in [1.165, 1.54) is 13.0 Å². The second-order valence-corrected chi connectivity index (χ2v) is 4.21. The van der Waals surface area contributed by atoms with Gasteiger partial charge in [0.05, 0.1) is 6.20 Å². The lowest BCUT2D eigenvalue weighted by Crippen LogP contribution is -2.33. The van der Waals surface area contributed by atoms with Crippen molar-refractivity contribution in [2.75, 3.05) is 0 Å². The van der Waals surface area contributed by atoms with E-state index in [1.54, 1.807) is 0 Å². The maximum Gasteiger partial charge on any atom is 0.271 e. The summed E-state index contributed by atoms with van der Waals surface area (Å²) >= 11 is 0. The molecule has 1 unspecified atom stereocenters. The molecule has 8 heteroatoms. The van der Waals surface area contributed by atoms with Crippen LogP contribution in [0, 0.1) is 11.6 Å². The topological polar surface area (TPSA) is 87.2 Å². The summed E-state index contributed by atoms with van der Waals surface area (Å²) in [6, 6.07) is 3.22. The molecule has 0 spiro atoms. The number of halogens is 2. The summed E-state index contributed by atoms with van der Waals surface area (Å²) in [5.74, 6) is -3.36. The van der Waals surface area contributed by atoms with Crippen LogP contribution in [0.2, 0.25) is 0 Å². The summed E-state index contributed by atoms with van der Waals surface area (Å²) in [6.07, 6.45) is 1.06. The van der Waals surface area contributed by atoms with Crippen LogP contribution in [0.5, 0.6) is 11.5 Å². The number of carbonyl (C=O) groups excluding carboxylic acids is 1. The number of benzene rings is 1. The predicted molar refractivity (Wildman–Crippen MR) is 68.8 cm³/mol. The number of hydrogen-bond acceptors (Lipinski definition) is 4. The lowest BCUT2D eigenvalue weighted by Gasteiger charge is -2.11. The van der Waals surface area contributed by atoms with E-state index in [0.29, 0.717) is 0 Å². The second kappa shape index (κ2) is 5.70. The molecule has 0 bridgehead atoms. The third-order valence-corrected chi connectivity index (χ3v) is 2.72. The molecule has 21 heavy (non-hydrogen) atoms. The molecular formula is C13H11F2N3O3. The van der Waals surface area contributed by atoms with Gasteiger partial charge in [-0.2, -0.15) is 5.10 Å². The fourth-order valence-electron chi connectivity index (χ4n) is 1.57. The molecule has 0 radical (unpaired) electrons. The highest BCUT2D eigenvalue weighted by Gasteiger charge is 2.16. The van der Waals surface area contributed by atoms with Gasteiger partial charge in [-0.1, -0.05) is 6.07 Å². The first-order valence-corrected chi connectivity index (χ1v) is 5.90. The van der Waals surface area contributed by atoms with E-state index in [9.17, 15) is 18.4 Å². The Morgan fingerprint density at radius 1 is 1.38 bits per heavy atom. The van der Waals surface area contributed by atoms with Gasteiger partial charge in [-0.05, 0) is 19.1 Å². The fraction of sp³-hybridized carbons (Fsp3) is 0.154. The molecule has 6 nitrogen and oxygen atoms in total. The minimum Gasteiger partial charge on any atom is -0.449 e. The van der Waals surface area contributed by atoms with Crippen LogP contribution in [-0.2, 0) is 4.79 Å². The molecule has 2 rings (SSSR count). The number of hydrogen-bond donors (Lipinski definition) is 1. The Balaban J connectivity index is 2.33. The number of para-hydroxylation sites is 1. The van der Waals surface area contributed by atoms with Crippen LogP contribution in [-0.4, -0.2) is 15.7 Å². The average Bonchev–Trinajstić information content (AvgIpc) is 2.42. The van der Waals surface area contributed by atoms with E-state index in [4.69, 9.17) is 10.5 Å². The monoisotopic (exact) mass is 295 g/mol. The number of nitrogens with zero attached hydrogens (tertiary/aromatic N) is 2. The van der Waals surface area contributed by atoms with Gasteiger partial charge < -0.3 is 10.5 Å². The zero-order chi connectivity index (χ0) is 15.6. The Bertz CT molecular complexity index is 725. The highest BCUT2D eigenvalue weighted by atomic mass is 19.1. The van der Waals surface area contributed by atoms with Crippen molar-refractivity contribution in [2.24, 2.45) is 5.73 Å². The lowest BCUT2D eigenvalue weighted by molar-refractivity contribution is -0.121. The lowest BCUT2D eigenvalue weighted by atomic mass is 10.3. The molecule has 110 valence electrons. The summed E-state index contributed by atoms with van der Waals surface area (Å²) in [5.41, 5.74) is 4.38. The molecule has 1 aromatic heterocycles. The van der Waals surface area contributed by atoms with E-state index in [1.807, 2.05) is 0 Å². The maximum atomic E-state index is 13.4. The van der Waals surface area contributed by atoms with Crippen molar-refractivity contribution in [3.63, 3.8) is 0 Å². The minimum absolute atomic E-state index is 0.156. The average molecular weight is 295 g/mol. The number of nitrogens with two attached hydrogens (primary N) is 1. The summed E-state index contributed by atoms with van der Waals surface area (Å²) in [7, 11) is 0. The Hall–Kier alpha value is -2.77. The summed E-state index contributed by atoms with van der Waals surface area (Å²) in [6.45, 7) is 1.40. The van der Waals surface area contributed by atoms with E-state index < -0.39 is 34.9 Å². The Morgan fingerprint density at radius 2 is 2.00 bits per heavy atom. The van der Waals surface area contributed by atoms with Gasteiger partial charge in [-0.15, -0.1) is 0 Å². The number of ether oxygens (including phenoxy) is 1.